The van der Waals surface area contributed by atoms with Crippen molar-refractivity contribution in [1.29, 1.82) is 0 Å². The van der Waals surface area contributed by atoms with Crippen LogP contribution in [0, 0.1) is 0 Å². The number of nitrogens with one attached hydrogen (secondary N) is 1. The zero-order valence-corrected chi connectivity index (χ0v) is 14.7. The molecule has 0 fully saturated rings. The van der Waals surface area contributed by atoms with Crippen molar-refractivity contribution in [2.24, 2.45) is 7.05 Å². The van der Waals surface area contributed by atoms with Crippen LogP contribution in [0.5, 0.6) is 0 Å². The number of carbonyl (C=O) groups is 1. The Kier molecular flexibility index (Phi) is 4.10. The van der Waals surface area contributed by atoms with E-state index in [0.717, 1.165) is 31.0 Å². The molecule has 1 amide bonds. The Morgan fingerprint density at radius 2 is 2.04 bits per heavy atom. The average Bonchev–Trinajstić information content (AvgIpc) is 2.96. The third-order valence-electron chi connectivity index (χ3n) is 4.65. The first-order valence-electron chi connectivity index (χ1n) is 7.76. The zero-order chi connectivity index (χ0) is 18.6. The van der Waals surface area contributed by atoms with Crippen molar-refractivity contribution in [3.63, 3.8) is 0 Å². The molecule has 0 saturated carbocycles. The second-order valence-corrected chi connectivity index (χ2v) is 7.16. The van der Waals surface area contributed by atoms with Gasteiger partial charge in [-0.2, -0.15) is 18.3 Å². The highest BCUT2D eigenvalue weighted by molar-refractivity contribution is 6.33. The van der Waals surface area contributed by atoms with Crippen LogP contribution in [-0.4, -0.2) is 15.7 Å². The molecule has 1 aliphatic carbocycles. The Bertz CT molecular complexity index is 856. The van der Waals surface area contributed by atoms with Gasteiger partial charge in [-0.3, -0.25) is 9.48 Å². The minimum absolute atomic E-state index is 0.0286. The molecule has 1 heterocycles. The summed E-state index contributed by atoms with van der Waals surface area (Å²) in [5.41, 5.74) is 0.711. The Hall–Kier alpha value is -2.02. The number of anilines is 1. The van der Waals surface area contributed by atoms with Crippen molar-refractivity contribution in [2.75, 3.05) is 5.32 Å². The number of nitrogens with zero attached hydrogens (tertiary/aromatic N) is 2. The lowest BCUT2D eigenvalue weighted by atomic mass is 9.86. The van der Waals surface area contributed by atoms with Gasteiger partial charge in [0.15, 0.2) is 10.8 Å². The summed E-state index contributed by atoms with van der Waals surface area (Å²) in [6, 6.07) is 5.46. The summed E-state index contributed by atoms with van der Waals surface area (Å²) in [6.07, 6.45) is -3.06. The molecule has 0 bridgehead atoms. The molecular weight excluding hydrogens is 355 g/mol. The van der Waals surface area contributed by atoms with Crippen LogP contribution in [0.3, 0.4) is 0 Å². The van der Waals surface area contributed by atoms with Gasteiger partial charge in [-0.1, -0.05) is 37.6 Å². The zero-order valence-electron chi connectivity index (χ0n) is 14.0. The number of amides is 1. The standard InChI is InChI=1S/C17H17ClF3N3O/c1-16(2)8-7-9-10(16)5-4-6-11(9)22-15(25)12-13(17(19,20)21)24(3)23-14(12)18/h4-6H,7-8H2,1-3H3,(H,22,25). The van der Waals surface area contributed by atoms with Gasteiger partial charge in [-0.15, -0.1) is 0 Å². The van der Waals surface area contributed by atoms with Crippen molar-refractivity contribution in [2.45, 2.75) is 38.3 Å². The lowest BCUT2D eigenvalue weighted by molar-refractivity contribution is -0.144. The Morgan fingerprint density at radius 1 is 1.36 bits per heavy atom. The molecule has 8 heteroatoms. The van der Waals surface area contributed by atoms with E-state index in [9.17, 15) is 18.0 Å². The summed E-state index contributed by atoms with van der Waals surface area (Å²) in [7, 11) is 1.11. The van der Waals surface area contributed by atoms with Crippen molar-refractivity contribution in [1.82, 2.24) is 9.78 Å². The molecule has 0 atom stereocenters. The summed E-state index contributed by atoms with van der Waals surface area (Å²) in [6.45, 7) is 4.20. The number of halogens is 4. The van der Waals surface area contributed by atoms with Crippen LogP contribution >= 0.6 is 11.6 Å². The van der Waals surface area contributed by atoms with Crippen LogP contribution in [0.4, 0.5) is 18.9 Å². The van der Waals surface area contributed by atoms with Gasteiger partial charge in [0.25, 0.3) is 5.91 Å². The van der Waals surface area contributed by atoms with Gasteiger partial charge in [-0.25, -0.2) is 0 Å². The van der Waals surface area contributed by atoms with Gasteiger partial charge in [0.1, 0.15) is 5.56 Å². The van der Waals surface area contributed by atoms with Crippen molar-refractivity contribution in [3.05, 3.63) is 45.7 Å². The van der Waals surface area contributed by atoms with E-state index >= 15 is 0 Å². The van der Waals surface area contributed by atoms with Crippen molar-refractivity contribution >= 4 is 23.2 Å². The molecule has 0 aliphatic heterocycles. The highest BCUT2D eigenvalue weighted by atomic mass is 35.5. The SMILES string of the molecule is Cn1nc(Cl)c(C(=O)Nc2cccc3c2CCC3(C)C)c1C(F)(F)F. The molecule has 1 aromatic carbocycles. The molecule has 0 radical (unpaired) electrons. The molecule has 134 valence electrons. The predicted molar refractivity (Wildman–Crippen MR) is 89.0 cm³/mol. The number of fused-ring (bicyclic) bond motifs is 1. The van der Waals surface area contributed by atoms with Gasteiger partial charge >= 0.3 is 6.18 Å². The number of rotatable bonds is 2. The number of alkyl halides is 3. The average molecular weight is 372 g/mol. The van der Waals surface area contributed by atoms with E-state index < -0.39 is 28.5 Å². The fourth-order valence-corrected chi connectivity index (χ4v) is 3.67. The van der Waals surface area contributed by atoms with Gasteiger partial charge in [0.2, 0.25) is 0 Å². The molecule has 1 aromatic heterocycles. The van der Waals surface area contributed by atoms with Crippen LogP contribution in [0.2, 0.25) is 5.15 Å². The molecule has 4 nitrogen and oxygen atoms in total. The maximum Gasteiger partial charge on any atom is 0.433 e. The minimum Gasteiger partial charge on any atom is -0.322 e. The fourth-order valence-electron chi connectivity index (χ4n) is 3.38. The maximum atomic E-state index is 13.2. The normalized spacial score (nSPS) is 16.0. The first kappa shape index (κ1) is 17.8. The lowest BCUT2D eigenvalue weighted by Crippen LogP contribution is -2.21. The van der Waals surface area contributed by atoms with Crippen LogP contribution in [0.25, 0.3) is 0 Å². The summed E-state index contributed by atoms with van der Waals surface area (Å²) >= 11 is 5.79. The monoisotopic (exact) mass is 371 g/mol. The highest BCUT2D eigenvalue weighted by Crippen LogP contribution is 2.42. The van der Waals surface area contributed by atoms with Gasteiger partial charge in [0, 0.05) is 12.7 Å². The summed E-state index contributed by atoms with van der Waals surface area (Å²) in [5.74, 6) is -0.913. The predicted octanol–water partition coefficient (Wildman–Crippen LogP) is 4.57. The van der Waals surface area contributed by atoms with Gasteiger partial charge in [0.05, 0.1) is 0 Å². The number of aromatic nitrogens is 2. The van der Waals surface area contributed by atoms with Crippen molar-refractivity contribution < 1.29 is 18.0 Å². The molecule has 0 spiro atoms. The largest absolute Gasteiger partial charge is 0.433 e. The second-order valence-electron chi connectivity index (χ2n) is 6.81. The highest BCUT2D eigenvalue weighted by Gasteiger charge is 2.41. The summed E-state index contributed by atoms with van der Waals surface area (Å²) in [4.78, 5) is 12.5. The molecule has 1 aliphatic rings. The first-order valence-corrected chi connectivity index (χ1v) is 8.13. The topological polar surface area (TPSA) is 46.9 Å². The first-order chi connectivity index (χ1) is 11.5. The number of hydrogen-bond donors (Lipinski definition) is 1. The van der Waals surface area contributed by atoms with E-state index in [0.29, 0.717) is 10.4 Å². The van der Waals surface area contributed by atoms with Crippen LogP contribution in [0.1, 0.15) is 47.4 Å². The van der Waals surface area contributed by atoms with E-state index in [4.69, 9.17) is 11.6 Å². The summed E-state index contributed by atoms with van der Waals surface area (Å²) in [5, 5.41) is 5.65. The molecule has 2 aromatic rings. The molecule has 1 N–H and O–H groups in total. The molecule has 0 saturated heterocycles. The summed E-state index contributed by atoms with van der Waals surface area (Å²) < 4.78 is 40.3. The Morgan fingerprint density at radius 3 is 2.68 bits per heavy atom. The lowest BCUT2D eigenvalue weighted by Gasteiger charge is -2.19. The number of benzene rings is 1. The Balaban J connectivity index is 2.00. The number of hydrogen-bond acceptors (Lipinski definition) is 2. The molecule has 0 unspecified atom stereocenters. The van der Waals surface area contributed by atoms with E-state index in [1.165, 1.54) is 0 Å². The van der Waals surface area contributed by atoms with E-state index in [-0.39, 0.29) is 5.41 Å². The van der Waals surface area contributed by atoms with E-state index in [1.54, 1.807) is 12.1 Å². The van der Waals surface area contributed by atoms with Crippen molar-refractivity contribution in [3.8, 4) is 0 Å². The number of carbonyl (C=O) groups excluding carboxylic acids is 1. The fraction of sp³-hybridized carbons (Fsp3) is 0.412. The quantitative estimate of drug-likeness (QED) is 0.840. The van der Waals surface area contributed by atoms with E-state index in [2.05, 4.69) is 24.3 Å². The second kappa shape index (κ2) is 5.76. The van der Waals surface area contributed by atoms with E-state index in [1.807, 2.05) is 6.07 Å². The van der Waals surface area contributed by atoms with Crippen LogP contribution in [-0.2, 0) is 25.1 Å². The maximum absolute atomic E-state index is 13.2. The smallest absolute Gasteiger partial charge is 0.322 e. The molecular formula is C17H17ClF3N3O. The van der Waals surface area contributed by atoms with Gasteiger partial charge in [-0.05, 0) is 35.4 Å². The molecule has 3 rings (SSSR count). The van der Waals surface area contributed by atoms with Gasteiger partial charge < -0.3 is 5.32 Å². The minimum atomic E-state index is -4.73. The van der Waals surface area contributed by atoms with Crippen LogP contribution in [0.15, 0.2) is 18.2 Å². The molecule has 25 heavy (non-hydrogen) atoms. The Labute approximate surface area is 148 Å². The number of aryl methyl sites for hydroxylation is 1. The third-order valence-corrected chi connectivity index (χ3v) is 4.92. The van der Waals surface area contributed by atoms with Crippen LogP contribution < -0.4 is 5.32 Å². The third kappa shape index (κ3) is 3.01.